The van der Waals surface area contributed by atoms with Crippen LogP contribution in [-0.4, -0.2) is 23.9 Å². The highest BCUT2D eigenvalue weighted by Gasteiger charge is 2.60. The van der Waals surface area contributed by atoms with Crippen molar-refractivity contribution in [1.82, 2.24) is 0 Å². The maximum Gasteiger partial charge on any atom is 0.0705 e. The van der Waals surface area contributed by atoms with E-state index in [4.69, 9.17) is 4.74 Å². The van der Waals surface area contributed by atoms with Crippen molar-refractivity contribution in [3.63, 3.8) is 0 Å². The molecule has 0 aliphatic heterocycles. The molecule has 0 spiro atoms. The van der Waals surface area contributed by atoms with E-state index in [1.807, 2.05) is 5.57 Å². The zero-order valence-corrected chi connectivity index (χ0v) is 17.5. The van der Waals surface area contributed by atoms with Crippen LogP contribution in [0.1, 0.15) is 85.5 Å². The van der Waals surface area contributed by atoms with Gasteiger partial charge in [0.2, 0.25) is 0 Å². The number of aliphatic hydroxyl groups excluding tert-OH is 1. The van der Waals surface area contributed by atoms with E-state index in [0.29, 0.717) is 23.4 Å². The van der Waals surface area contributed by atoms with E-state index in [2.05, 4.69) is 33.8 Å². The van der Waals surface area contributed by atoms with Gasteiger partial charge in [0.25, 0.3) is 0 Å². The maximum atomic E-state index is 9.23. The topological polar surface area (TPSA) is 29.5 Å². The molecule has 0 heterocycles. The summed E-state index contributed by atoms with van der Waals surface area (Å²) >= 11 is 0. The molecule has 0 radical (unpaired) electrons. The molecule has 0 saturated heterocycles. The molecule has 148 valence electrons. The molecule has 0 aromatic carbocycles. The smallest absolute Gasteiger partial charge is 0.0705 e. The minimum absolute atomic E-state index is 0.122. The summed E-state index contributed by atoms with van der Waals surface area (Å²) in [6.07, 6.45) is 15.1. The summed E-state index contributed by atoms with van der Waals surface area (Å²) in [6.45, 7) is 10.3. The van der Waals surface area contributed by atoms with Gasteiger partial charge in [-0.05, 0) is 99.7 Å². The van der Waals surface area contributed by atoms with Crippen molar-refractivity contribution < 1.29 is 9.84 Å². The lowest BCUT2D eigenvalue weighted by Crippen LogP contribution is -2.52. The Labute approximate surface area is 160 Å². The molecule has 0 aromatic heterocycles. The van der Waals surface area contributed by atoms with Crippen LogP contribution in [0.15, 0.2) is 11.6 Å². The van der Waals surface area contributed by atoms with Crippen LogP contribution in [0.4, 0.5) is 0 Å². The van der Waals surface area contributed by atoms with Gasteiger partial charge in [-0.2, -0.15) is 0 Å². The van der Waals surface area contributed by atoms with Crippen LogP contribution in [0.25, 0.3) is 0 Å². The first-order chi connectivity index (χ1) is 12.3. The molecule has 3 fully saturated rings. The highest BCUT2D eigenvalue weighted by molar-refractivity contribution is 5.24. The first kappa shape index (κ1) is 19.0. The van der Waals surface area contributed by atoms with E-state index in [0.717, 1.165) is 17.8 Å². The highest BCUT2D eigenvalue weighted by atomic mass is 16.5. The van der Waals surface area contributed by atoms with Crippen molar-refractivity contribution in [3.05, 3.63) is 11.6 Å². The Balaban J connectivity index is 1.59. The van der Waals surface area contributed by atoms with E-state index in [-0.39, 0.29) is 12.2 Å². The van der Waals surface area contributed by atoms with Crippen molar-refractivity contribution in [1.29, 1.82) is 0 Å². The molecule has 0 bridgehead atoms. The predicted molar refractivity (Wildman–Crippen MR) is 107 cm³/mol. The third-order valence-electron chi connectivity index (χ3n) is 9.42. The second kappa shape index (κ2) is 6.62. The Morgan fingerprint density at radius 2 is 1.92 bits per heavy atom. The molecule has 0 amide bonds. The fraction of sp³-hybridized carbons (Fsp3) is 0.917. The Morgan fingerprint density at radius 1 is 1.12 bits per heavy atom. The Morgan fingerprint density at radius 3 is 2.69 bits per heavy atom. The molecular formula is C24H40O2. The van der Waals surface area contributed by atoms with E-state index >= 15 is 0 Å². The zero-order chi connectivity index (χ0) is 18.6. The highest BCUT2D eigenvalue weighted by Crippen LogP contribution is 2.67. The van der Waals surface area contributed by atoms with Gasteiger partial charge in [0.05, 0.1) is 18.8 Å². The summed E-state index contributed by atoms with van der Waals surface area (Å²) in [6, 6.07) is 0. The van der Waals surface area contributed by atoms with E-state index < -0.39 is 0 Å². The minimum Gasteiger partial charge on any atom is -0.394 e. The molecule has 6 atom stereocenters. The van der Waals surface area contributed by atoms with Gasteiger partial charge in [0.1, 0.15) is 0 Å². The van der Waals surface area contributed by atoms with Crippen LogP contribution >= 0.6 is 0 Å². The maximum absolute atomic E-state index is 9.23. The van der Waals surface area contributed by atoms with Crippen molar-refractivity contribution in [2.75, 3.05) is 13.2 Å². The fourth-order valence-electron chi connectivity index (χ4n) is 8.25. The molecule has 26 heavy (non-hydrogen) atoms. The summed E-state index contributed by atoms with van der Waals surface area (Å²) in [4.78, 5) is 0. The molecule has 4 aliphatic carbocycles. The van der Waals surface area contributed by atoms with Gasteiger partial charge in [0, 0.05) is 0 Å². The molecule has 0 aromatic rings. The number of hydrogen-bond acceptors (Lipinski definition) is 2. The molecule has 4 rings (SSSR count). The number of ether oxygens (including phenoxy) is 1. The van der Waals surface area contributed by atoms with Gasteiger partial charge in [-0.25, -0.2) is 0 Å². The van der Waals surface area contributed by atoms with E-state index in [9.17, 15) is 5.11 Å². The number of hydrogen-bond donors (Lipinski definition) is 1. The predicted octanol–water partition coefficient (Wildman–Crippen LogP) is 5.74. The van der Waals surface area contributed by atoms with Gasteiger partial charge in [-0.3, -0.25) is 0 Å². The summed E-state index contributed by atoms with van der Waals surface area (Å²) < 4.78 is 6.16. The lowest BCUT2D eigenvalue weighted by molar-refractivity contribution is -0.127. The Hall–Kier alpha value is -0.340. The molecule has 2 heteroatoms. The van der Waals surface area contributed by atoms with Crippen LogP contribution < -0.4 is 0 Å². The normalized spacial score (nSPS) is 45.5. The largest absolute Gasteiger partial charge is 0.394 e. The van der Waals surface area contributed by atoms with E-state index in [1.165, 1.54) is 57.8 Å². The van der Waals surface area contributed by atoms with Crippen LogP contribution in [0.3, 0.4) is 0 Å². The third kappa shape index (κ3) is 2.73. The summed E-state index contributed by atoms with van der Waals surface area (Å²) in [7, 11) is 0. The molecule has 0 unspecified atom stereocenters. The third-order valence-corrected chi connectivity index (χ3v) is 9.42. The average Bonchev–Trinajstić information content (AvgIpc) is 2.97. The van der Waals surface area contributed by atoms with Crippen LogP contribution in [0, 0.1) is 34.5 Å². The number of rotatable bonds is 4. The summed E-state index contributed by atoms with van der Waals surface area (Å²) in [5, 5.41) is 9.23. The summed E-state index contributed by atoms with van der Waals surface area (Å²) in [5.74, 6) is 3.29. The van der Waals surface area contributed by atoms with Crippen LogP contribution in [0.5, 0.6) is 0 Å². The fourth-order valence-corrected chi connectivity index (χ4v) is 8.25. The number of fused-ring (bicyclic) bond motifs is 5. The SMILES string of the molecule is CC(C)(OCCO)[C@H]1CC[C@H]2[C@@H]3CC=C4CCCC[C@]4(C)[C@H]3CC[C@]12C. The second-order valence-electron chi connectivity index (χ2n) is 10.8. The van der Waals surface area contributed by atoms with E-state index in [1.54, 1.807) is 0 Å². The van der Waals surface area contributed by atoms with Gasteiger partial charge in [-0.15, -0.1) is 0 Å². The standard InChI is InChI=1S/C24H40O2/c1-22(2,26-16-15-25)21-11-10-19-18-9-8-17-7-5-6-13-23(17,3)20(18)12-14-24(19,21)4/h8,18-21,25H,5-7,9-16H2,1-4H3/t18-,19-,20-,21+,23-,24-/m0/s1. The first-order valence-corrected chi connectivity index (χ1v) is 11.3. The van der Waals surface area contributed by atoms with Crippen molar-refractivity contribution in [2.45, 2.75) is 91.1 Å². The second-order valence-corrected chi connectivity index (χ2v) is 10.8. The van der Waals surface area contributed by atoms with Crippen molar-refractivity contribution >= 4 is 0 Å². The van der Waals surface area contributed by atoms with Gasteiger partial charge in [0.15, 0.2) is 0 Å². The van der Waals surface area contributed by atoms with Crippen LogP contribution in [-0.2, 0) is 4.74 Å². The number of allylic oxidation sites excluding steroid dienone is 2. The average molecular weight is 361 g/mol. The minimum atomic E-state index is -0.122. The lowest BCUT2D eigenvalue weighted by Gasteiger charge is -2.58. The molecular weight excluding hydrogens is 320 g/mol. The Bertz CT molecular complexity index is 565. The van der Waals surface area contributed by atoms with Crippen LogP contribution in [0.2, 0.25) is 0 Å². The first-order valence-electron chi connectivity index (χ1n) is 11.3. The zero-order valence-electron chi connectivity index (χ0n) is 17.5. The molecule has 2 nitrogen and oxygen atoms in total. The molecule has 1 N–H and O–H groups in total. The van der Waals surface area contributed by atoms with Crippen molar-refractivity contribution in [3.8, 4) is 0 Å². The van der Waals surface area contributed by atoms with Gasteiger partial charge < -0.3 is 9.84 Å². The summed E-state index contributed by atoms with van der Waals surface area (Å²) in [5.41, 5.74) is 2.61. The monoisotopic (exact) mass is 360 g/mol. The van der Waals surface area contributed by atoms with Gasteiger partial charge >= 0.3 is 0 Å². The van der Waals surface area contributed by atoms with Gasteiger partial charge in [-0.1, -0.05) is 31.9 Å². The Kier molecular flexibility index (Phi) is 4.84. The number of aliphatic hydroxyl groups is 1. The molecule has 3 saturated carbocycles. The lowest BCUT2D eigenvalue weighted by atomic mass is 9.47. The van der Waals surface area contributed by atoms with Crippen molar-refractivity contribution in [2.24, 2.45) is 34.5 Å². The quantitative estimate of drug-likeness (QED) is 0.647. The molecule has 4 aliphatic rings.